The monoisotopic (exact) mass is 209 g/mol. The predicted octanol–water partition coefficient (Wildman–Crippen LogP) is 0.386. The van der Waals surface area contributed by atoms with Gasteiger partial charge in [0.25, 0.3) is 0 Å². The van der Waals surface area contributed by atoms with Crippen molar-refractivity contribution in [1.29, 1.82) is 0 Å². The largest absolute Gasteiger partial charge is 0.550 e. The van der Waals surface area contributed by atoms with Crippen molar-refractivity contribution in [2.75, 3.05) is 14.2 Å². The normalized spacial score (nSPS) is 9.73. The molecule has 0 saturated carbocycles. The minimum Gasteiger partial charge on any atom is -0.550 e. The summed E-state index contributed by atoms with van der Waals surface area (Å²) in [7, 11) is 3.07. The Morgan fingerprint density at radius 2 is 2.07 bits per heavy atom. The molecule has 0 bridgehead atoms. The third-order valence-corrected chi connectivity index (χ3v) is 2.08. The number of hydrogen-bond acceptors (Lipinski definition) is 4. The molecule has 4 nitrogen and oxygen atoms in total. The fourth-order valence-electron chi connectivity index (χ4n) is 1.39. The van der Waals surface area contributed by atoms with E-state index < -0.39 is 5.97 Å². The van der Waals surface area contributed by atoms with Gasteiger partial charge in [0.2, 0.25) is 0 Å². The summed E-state index contributed by atoms with van der Waals surface area (Å²) in [5.74, 6) is 0.120. The van der Waals surface area contributed by atoms with E-state index >= 15 is 0 Å². The third-order valence-electron chi connectivity index (χ3n) is 2.08. The molecule has 0 atom stereocenters. The summed E-state index contributed by atoms with van der Waals surface area (Å²) < 4.78 is 10.3. The van der Waals surface area contributed by atoms with Crippen LogP contribution in [0.5, 0.6) is 11.5 Å². The van der Waals surface area contributed by atoms with Crippen LogP contribution in [0.2, 0.25) is 0 Å². The average Bonchev–Trinajstić information content (AvgIpc) is 2.25. The Labute approximate surface area is 88.4 Å². The van der Waals surface area contributed by atoms with Gasteiger partial charge in [-0.15, -0.1) is 0 Å². The smallest absolute Gasteiger partial charge is 0.163 e. The molecule has 4 heteroatoms. The molecule has 0 saturated heterocycles. The minimum absolute atomic E-state index is 0.0243. The maximum absolute atomic E-state index is 10.3. The first kappa shape index (κ1) is 11.4. The van der Waals surface area contributed by atoms with Gasteiger partial charge >= 0.3 is 0 Å². The van der Waals surface area contributed by atoms with Crippen LogP contribution in [-0.2, 0) is 11.2 Å². The summed E-state index contributed by atoms with van der Waals surface area (Å²) in [6, 6.07) is 5.37. The Bertz CT molecular complexity index is 346. The van der Waals surface area contributed by atoms with Crippen molar-refractivity contribution < 1.29 is 19.4 Å². The Hall–Kier alpha value is -1.71. The molecule has 0 aliphatic carbocycles. The summed E-state index contributed by atoms with van der Waals surface area (Å²) >= 11 is 0. The molecule has 0 radical (unpaired) electrons. The average molecular weight is 209 g/mol. The molecular weight excluding hydrogens is 196 g/mol. The second-order valence-corrected chi connectivity index (χ2v) is 3.02. The summed E-state index contributed by atoms with van der Waals surface area (Å²) in [6.45, 7) is 0. The molecular formula is C11H13O4-. The number of carbonyl (C=O) groups is 1. The van der Waals surface area contributed by atoms with Crippen LogP contribution in [0.1, 0.15) is 12.0 Å². The molecule has 15 heavy (non-hydrogen) atoms. The van der Waals surface area contributed by atoms with Crippen molar-refractivity contribution in [3.63, 3.8) is 0 Å². The lowest BCUT2D eigenvalue weighted by atomic mass is 10.1. The standard InChI is InChI=1S/C11H14O4/c1-14-9-5-3-4-8(11(9)15-2)6-7-10(12)13/h3-5H,6-7H2,1-2H3,(H,12,13)/p-1. The van der Waals surface area contributed by atoms with Crippen molar-refractivity contribution in [1.82, 2.24) is 0 Å². The SMILES string of the molecule is COc1cccc(CCC(=O)[O-])c1OC. The van der Waals surface area contributed by atoms with Gasteiger partial charge in [-0.1, -0.05) is 12.1 Å². The first-order valence-corrected chi connectivity index (χ1v) is 4.58. The highest BCUT2D eigenvalue weighted by Crippen LogP contribution is 2.31. The number of carboxylic acids is 1. The molecule has 82 valence electrons. The predicted molar refractivity (Wildman–Crippen MR) is 52.9 cm³/mol. The van der Waals surface area contributed by atoms with Crippen LogP contribution in [0.3, 0.4) is 0 Å². The Kier molecular flexibility index (Phi) is 3.97. The molecule has 1 aromatic rings. The van der Waals surface area contributed by atoms with Gasteiger partial charge in [0, 0.05) is 5.97 Å². The molecule has 0 aromatic heterocycles. The molecule has 0 heterocycles. The maximum atomic E-state index is 10.3. The lowest BCUT2D eigenvalue weighted by molar-refractivity contribution is -0.305. The number of hydrogen-bond donors (Lipinski definition) is 0. The second kappa shape index (κ2) is 5.24. The van der Waals surface area contributed by atoms with Crippen molar-refractivity contribution in [2.45, 2.75) is 12.8 Å². The van der Waals surface area contributed by atoms with Crippen LogP contribution < -0.4 is 14.6 Å². The number of methoxy groups -OCH3 is 2. The number of carboxylic acid groups (broad SMARTS) is 1. The van der Waals surface area contributed by atoms with Gasteiger partial charge in [-0.25, -0.2) is 0 Å². The van der Waals surface area contributed by atoms with Gasteiger partial charge in [-0.3, -0.25) is 0 Å². The highest BCUT2D eigenvalue weighted by Gasteiger charge is 2.08. The topological polar surface area (TPSA) is 58.6 Å². The summed E-state index contributed by atoms with van der Waals surface area (Å²) in [5, 5.41) is 10.3. The zero-order valence-electron chi connectivity index (χ0n) is 8.78. The number of aliphatic carboxylic acids is 1. The van der Waals surface area contributed by atoms with E-state index in [1.165, 1.54) is 7.11 Å². The van der Waals surface area contributed by atoms with Crippen LogP contribution in [0, 0.1) is 0 Å². The van der Waals surface area contributed by atoms with Crippen molar-refractivity contribution in [3.05, 3.63) is 23.8 Å². The van der Waals surface area contributed by atoms with Gasteiger partial charge < -0.3 is 19.4 Å². The lowest BCUT2D eigenvalue weighted by Gasteiger charge is -2.12. The fraction of sp³-hybridized carbons (Fsp3) is 0.364. The molecule has 0 aliphatic heterocycles. The molecule has 1 aromatic carbocycles. The van der Waals surface area contributed by atoms with Crippen molar-refractivity contribution in [3.8, 4) is 11.5 Å². The van der Waals surface area contributed by atoms with Crippen LogP contribution in [0.4, 0.5) is 0 Å². The minimum atomic E-state index is -1.07. The summed E-state index contributed by atoms with van der Waals surface area (Å²) in [5.41, 5.74) is 0.807. The molecule has 1 rings (SSSR count). The van der Waals surface area contributed by atoms with E-state index in [2.05, 4.69) is 0 Å². The zero-order valence-corrected chi connectivity index (χ0v) is 8.78. The molecule has 0 aliphatic rings. The van der Waals surface area contributed by atoms with Crippen molar-refractivity contribution in [2.24, 2.45) is 0 Å². The number of ether oxygens (including phenoxy) is 2. The van der Waals surface area contributed by atoms with Gasteiger partial charge in [0.15, 0.2) is 11.5 Å². The van der Waals surface area contributed by atoms with Crippen LogP contribution in [0.25, 0.3) is 0 Å². The molecule has 0 fully saturated rings. The Morgan fingerprint density at radius 3 is 2.60 bits per heavy atom. The van der Waals surface area contributed by atoms with Gasteiger partial charge in [-0.2, -0.15) is 0 Å². The maximum Gasteiger partial charge on any atom is 0.163 e. The van der Waals surface area contributed by atoms with Gasteiger partial charge in [0.05, 0.1) is 14.2 Å². The molecule has 0 amide bonds. The third kappa shape index (κ3) is 2.87. The van der Waals surface area contributed by atoms with Gasteiger partial charge in [-0.05, 0) is 24.5 Å². The fourth-order valence-corrected chi connectivity index (χ4v) is 1.39. The highest BCUT2D eigenvalue weighted by molar-refractivity contribution is 5.65. The quantitative estimate of drug-likeness (QED) is 0.703. The Balaban J connectivity index is 2.90. The van der Waals surface area contributed by atoms with E-state index in [0.717, 1.165) is 5.56 Å². The first-order chi connectivity index (χ1) is 7.19. The number of para-hydroxylation sites is 1. The summed E-state index contributed by atoms with van der Waals surface area (Å²) in [4.78, 5) is 10.3. The van der Waals surface area contributed by atoms with E-state index in [-0.39, 0.29) is 6.42 Å². The zero-order chi connectivity index (χ0) is 11.3. The second-order valence-electron chi connectivity index (χ2n) is 3.02. The van der Waals surface area contributed by atoms with Gasteiger partial charge in [0.1, 0.15) is 0 Å². The molecule has 0 N–H and O–H groups in total. The number of benzene rings is 1. The number of carbonyl (C=O) groups excluding carboxylic acids is 1. The Morgan fingerprint density at radius 1 is 1.33 bits per heavy atom. The number of aryl methyl sites for hydroxylation is 1. The highest BCUT2D eigenvalue weighted by atomic mass is 16.5. The van der Waals surface area contributed by atoms with E-state index in [9.17, 15) is 9.90 Å². The lowest BCUT2D eigenvalue weighted by Crippen LogP contribution is -2.22. The summed E-state index contributed by atoms with van der Waals surface area (Å²) in [6.07, 6.45) is 0.353. The van der Waals surface area contributed by atoms with Crippen molar-refractivity contribution >= 4 is 5.97 Å². The number of rotatable bonds is 5. The van der Waals surface area contributed by atoms with Crippen LogP contribution in [0.15, 0.2) is 18.2 Å². The van der Waals surface area contributed by atoms with E-state index in [1.54, 1.807) is 19.2 Å². The van der Waals surface area contributed by atoms with E-state index in [1.807, 2.05) is 6.07 Å². The van der Waals surface area contributed by atoms with E-state index in [0.29, 0.717) is 17.9 Å². The van der Waals surface area contributed by atoms with E-state index in [4.69, 9.17) is 9.47 Å². The van der Waals surface area contributed by atoms with Crippen LogP contribution >= 0.6 is 0 Å². The molecule has 0 spiro atoms. The molecule has 0 unspecified atom stereocenters. The first-order valence-electron chi connectivity index (χ1n) is 4.58. The van der Waals surface area contributed by atoms with Crippen LogP contribution in [-0.4, -0.2) is 20.2 Å².